The van der Waals surface area contributed by atoms with Crippen molar-refractivity contribution in [3.8, 4) is 0 Å². The number of hydrogen-bond acceptors (Lipinski definition) is 5. The van der Waals surface area contributed by atoms with E-state index < -0.39 is 0 Å². The Morgan fingerprint density at radius 2 is 1.92 bits per heavy atom. The van der Waals surface area contributed by atoms with Crippen LogP contribution in [0.5, 0.6) is 0 Å². The first kappa shape index (κ1) is 17.2. The van der Waals surface area contributed by atoms with Crippen molar-refractivity contribution in [3.63, 3.8) is 0 Å². The van der Waals surface area contributed by atoms with Crippen molar-refractivity contribution >= 4 is 34.3 Å². The summed E-state index contributed by atoms with van der Waals surface area (Å²) in [7, 11) is 1.31. The summed E-state index contributed by atoms with van der Waals surface area (Å²) in [6.07, 6.45) is 3.92. The number of benzene rings is 1. The molecule has 0 saturated carbocycles. The molecule has 1 aromatic heterocycles. The van der Waals surface area contributed by atoms with Gasteiger partial charge in [0.2, 0.25) is 5.91 Å². The summed E-state index contributed by atoms with van der Waals surface area (Å²) in [5.41, 5.74) is 1.62. The van der Waals surface area contributed by atoms with Gasteiger partial charge in [-0.15, -0.1) is 0 Å². The standard InChI is InChI=1S/C19H23N3O3/c1-25-19(24)10-9-18(23)20-15-6-7-16-14(13-15)5-8-17(21-16)22-11-3-2-4-12-22/h5-8,13H,2-4,9-12H2,1H3,(H,20,23). The lowest BCUT2D eigenvalue weighted by Crippen LogP contribution is -2.30. The van der Waals surface area contributed by atoms with Crippen molar-refractivity contribution < 1.29 is 14.3 Å². The third-order valence-corrected chi connectivity index (χ3v) is 4.42. The second-order valence-corrected chi connectivity index (χ2v) is 6.25. The Balaban J connectivity index is 1.68. The molecule has 0 bridgehead atoms. The number of carbonyl (C=O) groups is 2. The molecule has 1 aliphatic heterocycles. The van der Waals surface area contributed by atoms with Crippen LogP contribution in [0.4, 0.5) is 11.5 Å². The van der Waals surface area contributed by atoms with Gasteiger partial charge in [0, 0.05) is 30.6 Å². The van der Waals surface area contributed by atoms with E-state index in [-0.39, 0.29) is 24.7 Å². The fourth-order valence-electron chi connectivity index (χ4n) is 3.03. The number of piperidine rings is 1. The van der Waals surface area contributed by atoms with E-state index in [0.717, 1.165) is 29.8 Å². The van der Waals surface area contributed by atoms with Gasteiger partial charge in [0.25, 0.3) is 0 Å². The predicted molar refractivity (Wildman–Crippen MR) is 97.7 cm³/mol. The van der Waals surface area contributed by atoms with Gasteiger partial charge in [0.1, 0.15) is 5.82 Å². The average Bonchev–Trinajstić information content (AvgIpc) is 2.66. The van der Waals surface area contributed by atoms with Gasteiger partial charge in [0.15, 0.2) is 0 Å². The molecular weight excluding hydrogens is 318 g/mol. The van der Waals surface area contributed by atoms with Crippen LogP contribution in [0, 0.1) is 0 Å². The molecule has 0 unspecified atom stereocenters. The minimum absolute atomic E-state index is 0.0800. The topological polar surface area (TPSA) is 71.5 Å². The maximum atomic E-state index is 11.9. The van der Waals surface area contributed by atoms with E-state index in [1.807, 2.05) is 30.3 Å². The van der Waals surface area contributed by atoms with E-state index in [0.29, 0.717) is 5.69 Å². The molecule has 0 radical (unpaired) electrons. The smallest absolute Gasteiger partial charge is 0.306 e. The summed E-state index contributed by atoms with van der Waals surface area (Å²) in [6.45, 7) is 2.12. The largest absolute Gasteiger partial charge is 0.469 e. The molecular formula is C19H23N3O3. The zero-order valence-corrected chi connectivity index (χ0v) is 14.5. The van der Waals surface area contributed by atoms with Crippen LogP contribution >= 0.6 is 0 Å². The van der Waals surface area contributed by atoms with Crippen molar-refractivity contribution in [2.45, 2.75) is 32.1 Å². The number of ether oxygens (including phenoxy) is 1. The van der Waals surface area contributed by atoms with Crippen LogP contribution in [0.1, 0.15) is 32.1 Å². The Hall–Kier alpha value is -2.63. The molecule has 2 aromatic rings. The number of pyridine rings is 1. The van der Waals surface area contributed by atoms with Crippen LogP contribution in [0.2, 0.25) is 0 Å². The summed E-state index contributed by atoms with van der Waals surface area (Å²) >= 11 is 0. The van der Waals surface area contributed by atoms with Crippen LogP contribution < -0.4 is 10.2 Å². The molecule has 1 aliphatic rings. The average molecular weight is 341 g/mol. The monoisotopic (exact) mass is 341 g/mol. The highest BCUT2D eigenvalue weighted by Crippen LogP contribution is 2.23. The number of anilines is 2. The molecule has 1 fully saturated rings. The summed E-state index contributed by atoms with van der Waals surface area (Å²) in [5, 5.41) is 3.78. The molecule has 2 heterocycles. The number of carbonyl (C=O) groups excluding carboxylic acids is 2. The van der Waals surface area contributed by atoms with Crippen LogP contribution in [-0.2, 0) is 14.3 Å². The van der Waals surface area contributed by atoms with E-state index in [9.17, 15) is 9.59 Å². The van der Waals surface area contributed by atoms with Gasteiger partial charge >= 0.3 is 5.97 Å². The summed E-state index contributed by atoms with van der Waals surface area (Å²) < 4.78 is 4.54. The van der Waals surface area contributed by atoms with Gasteiger partial charge in [-0.2, -0.15) is 0 Å². The van der Waals surface area contributed by atoms with E-state index in [1.54, 1.807) is 0 Å². The van der Waals surface area contributed by atoms with Crippen molar-refractivity contribution in [2.75, 3.05) is 30.4 Å². The number of fused-ring (bicyclic) bond motifs is 1. The maximum Gasteiger partial charge on any atom is 0.306 e. The van der Waals surface area contributed by atoms with Crippen LogP contribution in [0.25, 0.3) is 10.9 Å². The third kappa shape index (κ3) is 4.47. The fraction of sp³-hybridized carbons (Fsp3) is 0.421. The molecule has 132 valence electrons. The molecule has 6 heteroatoms. The highest BCUT2D eigenvalue weighted by Gasteiger charge is 2.13. The molecule has 1 amide bonds. The third-order valence-electron chi connectivity index (χ3n) is 4.42. The van der Waals surface area contributed by atoms with Crippen molar-refractivity contribution in [1.82, 2.24) is 4.98 Å². The summed E-state index contributed by atoms with van der Waals surface area (Å²) in [5.74, 6) is 0.424. The Bertz CT molecular complexity index is 770. The van der Waals surface area contributed by atoms with Gasteiger partial charge in [-0.3, -0.25) is 9.59 Å². The molecule has 1 saturated heterocycles. The number of esters is 1. The van der Waals surface area contributed by atoms with E-state index in [2.05, 4.69) is 15.0 Å². The Morgan fingerprint density at radius 3 is 2.68 bits per heavy atom. The van der Waals surface area contributed by atoms with Gasteiger partial charge in [0.05, 0.1) is 19.0 Å². The first-order valence-electron chi connectivity index (χ1n) is 8.68. The minimum Gasteiger partial charge on any atom is -0.469 e. The van der Waals surface area contributed by atoms with Gasteiger partial charge in [-0.05, 0) is 49.6 Å². The van der Waals surface area contributed by atoms with E-state index in [4.69, 9.17) is 4.98 Å². The number of nitrogens with one attached hydrogen (secondary N) is 1. The highest BCUT2D eigenvalue weighted by atomic mass is 16.5. The van der Waals surface area contributed by atoms with Crippen LogP contribution in [0.15, 0.2) is 30.3 Å². The Morgan fingerprint density at radius 1 is 1.12 bits per heavy atom. The number of hydrogen-bond donors (Lipinski definition) is 1. The SMILES string of the molecule is COC(=O)CCC(=O)Nc1ccc2nc(N3CCCCC3)ccc2c1. The van der Waals surface area contributed by atoms with E-state index >= 15 is 0 Å². The first-order chi connectivity index (χ1) is 12.2. The first-order valence-corrected chi connectivity index (χ1v) is 8.68. The number of rotatable bonds is 5. The van der Waals surface area contributed by atoms with Crippen LogP contribution in [-0.4, -0.2) is 37.1 Å². The second kappa shape index (κ2) is 7.96. The molecule has 6 nitrogen and oxygen atoms in total. The zero-order valence-electron chi connectivity index (χ0n) is 14.5. The second-order valence-electron chi connectivity index (χ2n) is 6.25. The Kier molecular flexibility index (Phi) is 5.48. The summed E-state index contributed by atoms with van der Waals surface area (Å²) in [6, 6.07) is 9.73. The molecule has 0 atom stereocenters. The van der Waals surface area contributed by atoms with Crippen molar-refractivity contribution in [3.05, 3.63) is 30.3 Å². The fourth-order valence-corrected chi connectivity index (χ4v) is 3.03. The number of amides is 1. The molecule has 3 rings (SSSR count). The lowest BCUT2D eigenvalue weighted by Gasteiger charge is -2.27. The van der Waals surface area contributed by atoms with E-state index in [1.165, 1.54) is 26.4 Å². The zero-order chi connectivity index (χ0) is 17.6. The normalized spacial score (nSPS) is 14.4. The van der Waals surface area contributed by atoms with Crippen molar-refractivity contribution in [1.29, 1.82) is 0 Å². The van der Waals surface area contributed by atoms with Gasteiger partial charge < -0.3 is 15.0 Å². The summed E-state index contributed by atoms with van der Waals surface area (Å²) in [4.78, 5) is 30.0. The van der Waals surface area contributed by atoms with Gasteiger partial charge in [-0.1, -0.05) is 0 Å². The number of aromatic nitrogens is 1. The highest BCUT2D eigenvalue weighted by molar-refractivity contribution is 5.95. The number of methoxy groups -OCH3 is 1. The molecule has 25 heavy (non-hydrogen) atoms. The lowest BCUT2D eigenvalue weighted by atomic mass is 10.1. The predicted octanol–water partition coefficient (Wildman–Crippen LogP) is 3.12. The molecule has 0 aliphatic carbocycles. The maximum absolute atomic E-state index is 11.9. The number of nitrogens with zero attached hydrogens (tertiary/aromatic N) is 2. The molecule has 1 N–H and O–H groups in total. The van der Waals surface area contributed by atoms with Gasteiger partial charge in [-0.25, -0.2) is 4.98 Å². The molecule has 1 aromatic carbocycles. The lowest BCUT2D eigenvalue weighted by molar-refractivity contribution is -0.141. The van der Waals surface area contributed by atoms with Crippen LogP contribution in [0.3, 0.4) is 0 Å². The minimum atomic E-state index is -0.386. The quantitative estimate of drug-likeness (QED) is 0.846. The molecule has 0 spiro atoms. The van der Waals surface area contributed by atoms with Crippen molar-refractivity contribution in [2.24, 2.45) is 0 Å². The Labute approximate surface area is 147 Å².